The number of carbonyl (C=O) groups excluding carboxylic acids is 1. The number of aromatic nitrogens is 1. The summed E-state index contributed by atoms with van der Waals surface area (Å²) in [5, 5.41) is 9.06. The molecule has 1 saturated heterocycles. The molecule has 1 amide bonds. The van der Waals surface area contributed by atoms with E-state index in [0.717, 1.165) is 6.42 Å². The number of pyridine rings is 1. The normalized spacial score (nSPS) is 19.4. The number of aliphatic hydroxyl groups excluding tert-OH is 1. The zero-order valence-electron chi connectivity index (χ0n) is 9.80. The van der Waals surface area contributed by atoms with Crippen molar-refractivity contribution in [2.24, 2.45) is 5.92 Å². The second-order valence-corrected chi connectivity index (χ2v) is 4.15. The van der Waals surface area contributed by atoms with Crippen molar-refractivity contribution in [3.63, 3.8) is 0 Å². The van der Waals surface area contributed by atoms with Gasteiger partial charge >= 0.3 is 0 Å². The molecule has 92 valence electrons. The maximum absolute atomic E-state index is 12.2. The second kappa shape index (κ2) is 5.14. The third-order valence-corrected chi connectivity index (χ3v) is 3.03. The summed E-state index contributed by atoms with van der Waals surface area (Å²) in [7, 11) is 1.50. The molecule has 1 aliphatic rings. The molecule has 0 radical (unpaired) electrons. The van der Waals surface area contributed by atoms with Crippen molar-refractivity contribution < 1.29 is 14.6 Å². The third-order valence-electron chi connectivity index (χ3n) is 3.03. The number of hydrogen-bond acceptors (Lipinski definition) is 4. The van der Waals surface area contributed by atoms with Gasteiger partial charge in [0.2, 0.25) is 5.88 Å². The molecule has 0 bridgehead atoms. The van der Waals surface area contributed by atoms with Gasteiger partial charge in [0.15, 0.2) is 0 Å². The quantitative estimate of drug-likeness (QED) is 0.832. The van der Waals surface area contributed by atoms with Crippen molar-refractivity contribution in [2.75, 3.05) is 26.8 Å². The SMILES string of the molecule is COc1ncccc1C(=O)N1CCC(CO)C1. The maximum Gasteiger partial charge on any atom is 0.259 e. The molecule has 1 N–H and O–H groups in total. The van der Waals surface area contributed by atoms with E-state index in [1.54, 1.807) is 23.2 Å². The van der Waals surface area contributed by atoms with E-state index in [0.29, 0.717) is 24.5 Å². The van der Waals surface area contributed by atoms with Crippen molar-refractivity contribution in [2.45, 2.75) is 6.42 Å². The van der Waals surface area contributed by atoms with Crippen LogP contribution in [0.2, 0.25) is 0 Å². The lowest BCUT2D eigenvalue weighted by Gasteiger charge is -2.17. The molecule has 0 aliphatic carbocycles. The van der Waals surface area contributed by atoms with Crippen LogP contribution in [0.4, 0.5) is 0 Å². The van der Waals surface area contributed by atoms with E-state index in [4.69, 9.17) is 9.84 Å². The van der Waals surface area contributed by atoms with E-state index in [1.165, 1.54) is 7.11 Å². The minimum absolute atomic E-state index is 0.0779. The van der Waals surface area contributed by atoms with E-state index in [2.05, 4.69) is 4.98 Å². The Morgan fingerprint density at radius 3 is 3.18 bits per heavy atom. The van der Waals surface area contributed by atoms with Crippen LogP contribution in [0, 0.1) is 5.92 Å². The molecule has 2 heterocycles. The molecule has 2 rings (SSSR count). The molecule has 0 aromatic carbocycles. The first kappa shape index (κ1) is 11.9. The van der Waals surface area contributed by atoms with Gasteiger partial charge in [-0.1, -0.05) is 0 Å². The Morgan fingerprint density at radius 1 is 1.71 bits per heavy atom. The molecule has 1 aliphatic heterocycles. The predicted octanol–water partition coefficient (Wildman–Crippen LogP) is 0.545. The van der Waals surface area contributed by atoms with Crippen molar-refractivity contribution in [1.29, 1.82) is 0 Å². The summed E-state index contributed by atoms with van der Waals surface area (Å²) in [4.78, 5) is 18.0. The molecule has 1 unspecified atom stereocenters. The summed E-state index contributed by atoms with van der Waals surface area (Å²) in [6.07, 6.45) is 2.45. The lowest BCUT2D eigenvalue weighted by molar-refractivity contribution is 0.0777. The average molecular weight is 236 g/mol. The summed E-state index contributed by atoms with van der Waals surface area (Å²) < 4.78 is 5.07. The Hall–Kier alpha value is -1.62. The molecule has 1 atom stereocenters. The molecule has 1 fully saturated rings. The Morgan fingerprint density at radius 2 is 2.53 bits per heavy atom. The van der Waals surface area contributed by atoms with Gasteiger partial charge in [-0.15, -0.1) is 0 Å². The summed E-state index contributed by atoms with van der Waals surface area (Å²) in [6, 6.07) is 3.43. The van der Waals surface area contributed by atoms with E-state index < -0.39 is 0 Å². The van der Waals surface area contributed by atoms with E-state index in [9.17, 15) is 4.79 Å². The monoisotopic (exact) mass is 236 g/mol. The molecule has 0 saturated carbocycles. The summed E-state index contributed by atoms with van der Waals surface area (Å²) >= 11 is 0. The number of likely N-dealkylation sites (tertiary alicyclic amines) is 1. The molecule has 5 nitrogen and oxygen atoms in total. The van der Waals surface area contributed by atoms with Gasteiger partial charge in [-0.3, -0.25) is 4.79 Å². The van der Waals surface area contributed by atoms with Crippen LogP contribution in [0.25, 0.3) is 0 Å². The minimum atomic E-state index is -0.0779. The number of hydrogen-bond donors (Lipinski definition) is 1. The fraction of sp³-hybridized carbons (Fsp3) is 0.500. The maximum atomic E-state index is 12.2. The molecular weight excluding hydrogens is 220 g/mol. The van der Waals surface area contributed by atoms with Gasteiger partial charge in [0.1, 0.15) is 5.56 Å². The molecule has 1 aromatic heterocycles. The number of methoxy groups -OCH3 is 1. The van der Waals surface area contributed by atoms with Crippen molar-refractivity contribution in [3.05, 3.63) is 23.9 Å². The first-order chi connectivity index (χ1) is 8.26. The Labute approximate surface area is 100 Å². The van der Waals surface area contributed by atoms with Crippen LogP contribution in [0.1, 0.15) is 16.8 Å². The third kappa shape index (κ3) is 2.39. The number of aliphatic hydroxyl groups is 1. The fourth-order valence-corrected chi connectivity index (χ4v) is 2.05. The topological polar surface area (TPSA) is 62.7 Å². The number of ether oxygens (including phenoxy) is 1. The van der Waals surface area contributed by atoms with E-state index in [-0.39, 0.29) is 18.4 Å². The van der Waals surface area contributed by atoms with Gasteiger partial charge in [-0.2, -0.15) is 0 Å². The molecule has 1 aromatic rings. The van der Waals surface area contributed by atoms with Crippen LogP contribution in [0.15, 0.2) is 18.3 Å². The molecular formula is C12H16N2O3. The largest absolute Gasteiger partial charge is 0.480 e. The zero-order chi connectivity index (χ0) is 12.3. The zero-order valence-corrected chi connectivity index (χ0v) is 9.80. The number of nitrogens with zero attached hydrogens (tertiary/aromatic N) is 2. The molecule has 17 heavy (non-hydrogen) atoms. The first-order valence-corrected chi connectivity index (χ1v) is 5.65. The van der Waals surface area contributed by atoms with Crippen LogP contribution in [-0.2, 0) is 0 Å². The van der Waals surface area contributed by atoms with Crippen LogP contribution in [-0.4, -0.2) is 47.7 Å². The molecule has 5 heteroatoms. The Kier molecular flexibility index (Phi) is 3.58. The minimum Gasteiger partial charge on any atom is -0.480 e. The number of carbonyl (C=O) groups is 1. The smallest absolute Gasteiger partial charge is 0.259 e. The van der Waals surface area contributed by atoms with Crippen LogP contribution in [0.5, 0.6) is 5.88 Å². The Balaban J connectivity index is 2.15. The van der Waals surface area contributed by atoms with Gasteiger partial charge in [-0.25, -0.2) is 4.98 Å². The van der Waals surface area contributed by atoms with E-state index >= 15 is 0 Å². The first-order valence-electron chi connectivity index (χ1n) is 5.65. The lowest BCUT2D eigenvalue weighted by atomic mass is 10.1. The van der Waals surface area contributed by atoms with Crippen LogP contribution < -0.4 is 4.74 Å². The van der Waals surface area contributed by atoms with E-state index in [1.807, 2.05) is 0 Å². The molecule has 0 spiro atoms. The van der Waals surface area contributed by atoms with Gasteiger partial charge in [0, 0.05) is 31.8 Å². The van der Waals surface area contributed by atoms with Gasteiger partial charge in [0.25, 0.3) is 5.91 Å². The van der Waals surface area contributed by atoms with Crippen LogP contribution in [0.3, 0.4) is 0 Å². The van der Waals surface area contributed by atoms with Crippen LogP contribution >= 0.6 is 0 Å². The average Bonchev–Trinajstić information content (AvgIpc) is 2.86. The van der Waals surface area contributed by atoms with Crippen molar-refractivity contribution in [3.8, 4) is 5.88 Å². The summed E-state index contributed by atoms with van der Waals surface area (Å²) in [6.45, 7) is 1.42. The van der Waals surface area contributed by atoms with Crippen molar-refractivity contribution in [1.82, 2.24) is 9.88 Å². The highest BCUT2D eigenvalue weighted by Crippen LogP contribution is 2.21. The fourth-order valence-electron chi connectivity index (χ4n) is 2.05. The highest BCUT2D eigenvalue weighted by molar-refractivity contribution is 5.96. The lowest BCUT2D eigenvalue weighted by Crippen LogP contribution is -2.29. The highest BCUT2D eigenvalue weighted by Gasteiger charge is 2.28. The number of amides is 1. The van der Waals surface area contributed by atoms with Gasteiger partial charge in [0.05, 0.1) is 7.11 Å². The number of rotatable bonds is 3. The van der Waals surface area contributed by atoms with Gasteiger partial charge in [-0.05, 0) is 18.6 Å². The van der Waals surface area contributed by atoms with Crippen molar-refractivity contribution >= 4 is 5.91 Å². The van der Waals surface area contributed by atoms with Gasteiger partial charge < -0.3 is 14.7 Å². The highest BCUT2D eigenvalue weighted by atomic mass is 16.5. The standard InChI is InChI=1S/C12H16N2O3/c1-17-11-10(3-2-5-13-11)12(16)14-6-4-9(7-14)8-15/h2-3,5,9,15H,4,6-8H2,1H3. The Bertz CT molecular complexity index is 408. The second-order valence-electron chi connectivity index (χ2n) is 4.15. The summed E-state index contributed by atoms with van der Waals surface area (Å²) in [5.41, 5.74) is 0.480. The predicted molar refractivity (Wildman–Crippen MR) is 61.9 cm³/mol. The summed E-state index contributed by atoms with van der Waals surface area (Å²) in [5.74, 6) is 0.470.